The fourth-order valence-electron chi connectivity index (χ4n) is 3.47. The van der Waals surface area contributed by atoms with Crippen molar-refractivity contribution < 1.29 is 9.53 Å². The molecule has 1 amide bonds. The normalized spacial score (nSPS) is 15.9. The predicted octanol–water partition coefficient (Wildman–Crippen LogP) is 5.21. The summed E-state index contributed by atoms with van der Waals surface area (Å²) in [5, 5.41) is 0.758. The first kappa shape index (κ1) is 22.0. The van der Waals surface area contributed by atoms with Crippen molar-refractivity contribution in [2.75, 3.05) is 20.2 Å². The molecule has 0 aliphatic carbocycles. The number of ether oxygens (including phenoxy) is 1. The maximum atomic E-state index is 13.2. The molecular weight excluding hydrogens is 404 g/mol. The Morgan fingerprint density at radius 3 is 2.55 bits per heavy atom. The van der Waals surface area contributed by atoms with Crippen molar-refractivity contribution in [1.29, 1.82) is 0 Å². The highest BCUT2D eigenvalue weighted by Crippen LogP contribution is 2.23. The summed E-state index contributed by atoms with van der Waals surface area (Å²) in [6, 6.07) is 15.4. The molecule has 1 fully saturated rings. The molecule has 4 nitrogen and oxygen atoms in total. The zero-order valence-corrected chi connectivity index (χ0v) is 18.6. The summed E-state index contributed by atoms with van der Waals surface area (Å²) in [6.45, 7) is 3.95. The van der Waals surface area contributed by atoms with E-state index in [1.54, 1.807) is 7.11 Å². The number of nitrogens with zero attached hydrogens (tertiary/aromatic N) is 1. The number of benzene rings is 2. The van der Waals surface area contributed by atoms with Crippen LogP contribution in [0.2, 0.25) is 5.02 Å². The smallest absolute Gasteiger partial charge is 0.240 e. The maximum Gasteiger partial charge on any atom is 0.240 e. The summed E-state index contributed by atoms with van der Waals surface area (Å²) in [4.78, 5) is 16.3. The van der Waals surface area contributed by atoms with Crippen LogP contribution in [0.3, 0.4) is 0 Å². The molecule has 2 aromatic carbocycles. The molecule has 0 radical (unpaired) electrons. The highest BCUT2D eigenvalue weighted by Gasteiger charge is 2.27. The van der Waals surface area contributed by atoms with Crippen LogP contribution in [-0.2, 0) is 11.2 Å². The number of rotatable bonds is 8. The number of halogens is 1. The van der Waals surface area contributed by atoms with Crippen LogP contribution in [0.5, 0.6) is 5.75 Å². The zero-order valence-electron chi connectivity index (χ0n) is 17.1. The Labute approximate surface area is 183 Å². The van der Waals surface area contributed by atoms with Gasteiger partial charge in [-0.1, -0.05) is 36.7 Å². The first-order valence-electron chi connectivity index (χ1n) is 10.2. The minimum atomic E-state index is -0.258. The SMILES string of the molecule is COc1ccc(SNC(CCc2ccccc2Cl)C(=O)N2CCC(C)CC2)cc1. The van der Waals surface area contributed by atoms with Gasteiger partial charge >= 0.3 is 0 Å². The van der Waals surface area contributed by atoms with Crippen LogP contribution in [0.1, 0.15) is 31.7 Å². The molecule has 0 bridgehead atoms. The molecule has 1 unspecified atom stereocenters. The lowest BCUT2D eigenvalue weighted by atomic mass is 9.98. The van der Waals surface area contributed by atoms with Gasteiger partial charge in [0.15, 0.2) is 0 Å². The van der Waals surface area contributed by atoms with Gasteiger partial charge in [-0.05, 0) is 79.4 Å². The maximum absolute atomic E-state index is 13.2. The van der Waals surface area contributed by atoms with Gasteiger partial charge in [0.05, 0.1) is 13.2 Å². The Bertz CT molecular complexity index is 792. The number of amides is 1. The van der Waals surface area contributed by atoms with Crippen LogP contribution < -0.4 is 9.46 Å². The quantitative estimate of drug-likeness (QED) is 0.581. The van der Waals surface area contributed by atoms with E-state index in [1.165, 1.54) is 11.9 Å². The first-order valence-corrected chi connectivity index (χ1v) is 11.3. The molecule has 156 valence electrons. The van der Waals surface area contributed by atoms with Crippen LogP contribution in [-0.4, -0.2) is 37.0 Å². The standard InChI is InChI=1S/C23H29ClN2O2S/c1-17-13-15-26(16-14-17)23(27)22(12-7-18-5-3-4-6-21(18)24)25-29-20-10-8-19(28-2)9-11-20/h3-6,8-11,17,22,25H,7,12-16H2,1-2H3. The molecule has 29 heavy (non-hydrogen) atoms. The van der Waals surface area contributed by atoms with Crippen LogP contribution in [0.15, 0.2) is 53.4 Å². The summed E-state index contributed by atoms with van der Waals surface area (Å²) in [5.41, 5.74) is 1.08. The highest BCUT2D eigenvalue weighted by molar-refractivity contribution is 7.97. The lowest BCUT2D eigenvalue weighted by Gasteiger charge is -2.33. The van der Waals surface area contributed by atoms with Gasteiger partial charge in [0.25, 0.3) is 0 Å². The number of likely N-dealkylation sites (tertiary alicyclic amines) is 1. The van der Waals surface area contributed by atoms with Gasteiger partial charge in [0, 0.05) is 23.0 Å². The van der Waals surface area contributed by atoms with Crippen molar-refractivity contribution in [1.82, 2.24) is 9.62 Å². The van der Waals surface area contributed by atoms with E-state index in [9.17, 15) is 4.79 Å². The molecule has 6 heteroatoms. The summed E-state index contributed by atoms with van der Waals surface area (Å²) in [7, 11) is 1.66. The number of hydrogen-bond acceptors (Lipinski definition) is 4. The van der Waals surface area contributed by atoms with Gasteiger partial charge < -0.3 is 9.64 Å². The summed E-state index contributed by atoms with van der Waals surface area (Å²) >= 11 is 7.81. The van der Waals surface area contributed by atoms with Crippen molar-refractivity contribution in [3.05, 3.63) is 59.1 Å². The van der Waals surface area contributed by atoms with Gasteiger partial charge in [0.2, 0.25) is 5.91 Å². The van der Waals surface area contributed by atoms with Crippen molar-refractivity contribution in [2.45, 2.75) is 43.5 Å². The number of carbonyl (C=O) groups excluding carboxylic acids is 1. The first-order chi connectivity index (χ1) is 14.1. The lowest BCUT2D eigenvalue weighted by Crippen LogP contribution is -2.47. The third-order valence-electron chi connectivity index (χ3n) is 5.43. The fraction of sp³-hybridized carbons (Fsp3) is 0.435. The summed E-state index contributed by atoms with van der Waals surface area (Å²) in [5.74, 6) is 1.70. The molecule has 0 spiro atoms. The van der Waals surface area contributed by atoms with Crippen molar-refractivity contribution in [3.8, 4) is 5.75 Å². The van der Waals surface area contributed by atoms with Gasteiger partial charge in [-0.3, -0.25) is 4.79 Å². The molecule has 2 aromatic rings. The minimum Gasteiger partial charge on any atom is -0.497 e. The fourth-order valence-corrected chi connectivity index (χ4v) is 4.47. The Kier molecular flexibility index (Phi) is 8.28. The molecule has 1 aliphatic heterocycles. The molecule has 3 rings (SSSR count). The summed E-state index contributed by atoms with van der Waals surface area (Å²) < 4.78 is 8.63. The number of methoxy groups -OCH3 is 1. The molecule has 1 atom stereocenters. The zero-order chi connectivity index (χ0) is 20.6. The molecule has 0 saturated carbocycles. The van der Waals surface area contributed by atoms with E-state index in [2.05, 4.69) is 11.6 Å². The molecule has 1 N–H and O–H groups in total. The molecule has 1 aliphatic rings. The van der Waals surface area contributed by atoms with E-state index in [0.717, 1.165) is 53.6 Å². The highest BCUT2D eigenvalue weighted by atomic mass is 35.5. The van der Waals surface area contributed by atoms with E-state index < -0.39 is 0 Å². The topological polar surface area (TPSA) is 41.6 Å². The Morgan fingerprint density at radius 2 is 1.90 bits per heavy atom. The number of carbonyl (C=O) groups is 1. The van der Waals surface area contributed by atoms with Gasteiger partial charge in [-0.15, -0.1) is 0 Å². The molecule has 1 saturated heterocycles. The van der Waals surface area contributed by atoms with Crippen LogP contribution >= 0.6 is 23.5 Å². The molecular formula is C23H29ClN2O2S. The lowest BCUT2D eigenvalue weighted by molar-refractivity contribution is -0.134. The van der Waals surface area contributed by atoms with Gasteiger partial charge in [-0.25, -0.2) is 4.72 Å². The Hall–Kier alpha value is -1.69. The average molecular weight is 433 g/mol. The van der Waals surface area contributed by atoms with Gasteiger partial charge in [-0.2, -0.15) is 0 Å². The van der Waals surface area contributed by atoms with E-state index in [1.807, 2.05) is 53.4 Å². The van der Waals surface area contributed by atoms with Crippen LogP contribution in [0.4, 0.5) is 0 Å². The van der Waals surface area contributed by atoms with E-state index in [0.29, 0.717) is 12.3 Å². The largest absolute Gasteiger partial charge is 0.497 e. The number of nitrogens with one attached hydrogen (secondary N) is 1. The second-order valence-corrected chi connectivity index (χ2v) is 8.90. The van der Waals surface area contributed by atoms with Crippen molar-refractivity contribution in [3.63, 3.8) is 0 Å². The Morgan fingerprint density at radius 1 is 1.21 bits per heavy atom. The van der Waals surface area contributed by atoms with E-state index in [-0.39, 0.29) is 11.9 Å². The van der Waals surface area contributed by atoms with Crippen LogP contribution in [0, 0.1) is 5.92 Å². The van der Waals surface area contributed by atoms with Gasteiger partial charge in [0.1, 0.15) is 5.75 Å². The van der Waals surface area contributed by atoms with Crippen LogP contribution in [0.25, 0.3) is 0 Å². The number of aryl methyl sites for hydroxylation is 1. The Balaban J connectivity index is 1.65. The number of hydrogen-bond donors (Lipinski definition) is 1. The number of piperidine rings is 1. The summed E-state index contributed by atoms with van der Waals surface area (Å²) in [6.07, 6.45) is 3.62. The molecule has 0 aromatic heterocycles. The third kappa shape index (κ3) is 6.39. The van der Waals surface area contributed by atoms with Crippen molar-refractivity contribution in [2.24, 2.45) is 5.92 Å². The second kappa shape index (κ2) is 10.9. The monoisotopic (exact) mass is 432 g/mol. The van der Waals surface area contributed by atoms with Crippen molar-refractivity contribution >= 4 is 29.5 Å². The average Bonchev–Trinajstić information content (AvgIpc) is 2.75. The second-order valence-electron chi connectivity index (χ2n) is 7.59. The third-order valence-corrected chi connectivity index (χ3v) is 6.71. The van der Waals surface area contributed by atoms with E-state index in [4.69, 9.17) is 16.3 Å². The van der Waals surface area contributed by atoms with E-state index >= 15 is 0 Å². The predicted molar refractivity (Wildman–Crippen MR) is 121 cm³/mol. The molecule has 1 heterocycles. The minimum absolute atomic E-state index is 0.185.